The number of hydroxylamine groups is 1. The van der Waals surface area contributed by atoms with Crippen LogP contribution in [0.2, 0.25) is 0 Å². The van der Waals surface area contributed by atoms with E-state index in [2.05, 4.69) is 16.1 Å². The van der Waals surface area contributed by atoms with Gasteiger partial charge in [-0.05, 0) is 49.1 Å². The second-order valence-corrected chi connectivity index (χ2v) is 10.5. The fourth-order valence-corrected chi connectivity index (χ4v) is 5.47. The molecule has 13 heteroatoms. The highest BCUT2D eigenvalue weighted by Crippen LogP contribution is 2.23. The molecule has 2 amide bonds. The summed E-state index contributed by atoms with van der Waals surface area (Å²) in [6, 6.07) is 15.4. The van der Waals surface area contributed by atoms with Crippen molar-refractivity contribution in [3.05, 3.63) is 65.2 Å². The van der Waals surface area contributed by atoms with Gasteiger partial charge in [-0.1, -0.05) is 30.3 Å². The second kappa shape index (κ2) is 13.7. The van der Waals surface area contributed by atoms with Crippen LogP contribution in [-0.4, -0.2) is 68.7 Å². The highest BCUT2D eigenvalue weighted by Gasteiger charge is 2.31. The molecule has 38 heavy (non-hydrogen) atoms. The number of anilines is 1. The molecule has 0 aromatic heterocycles. The number of nitrogens with zero attached hydrogens (tertiary/aromatic N) is 3. The van der Waals surface area contributed by atoms with Crippen molar-refractivity contribution < 1.29 is 28.0 Å². The normalized spacial score (nSPS) is 14.8. The molecule has 0 saturated carbocycles. The van der Waals surface area contributed by atoms with Crippen LogP contribution in [0, 0.1) is 18.3 Å². The van der Waals surface area contributed by atoms with Crippen molar-refractivity contribution in [2.75, 3.05) is 37.6 Å². The van der Waals surface area contributed by atoms with E-state index >= 15 is 0 Å². The van der Waals surface area contributed by atoms with Crippen molar-refractivity contribution in [1.82, 2.24) is 19.8 Å². The van der Waals surface area contributed by atoms with Crippen LogP contribution in [0.15, 0.2) is 48.5 Å². The van der Waals surface area contributed by atoms with Crippen molar-refractivity contribution in [3.8, 4) is 6.07 Å². The van der Waals surface area contributed by atoms with Gasteiger partial charge >= 0.3 is 6.09 Å². The van der Waals surface area contributed by atoms with Crippen LogP contribution in [0.5, 0.6) is 0 Å². The van der Waals surface area contributed by atoms with Crippen molar-refractivity contribution in [2.24, 2.45) is 0 Å². The zero-order chi connectivity index (χ0) is 27.5. The number of nitrogens with one attached hydrogen (secondary N) is 3. The highest BCUT2D eigenvalue weighted by atomic mass is 32.2. The molecule has 1 aliphatic rings. The lowest BCUT2D eigenvalue weighted by molar-refractivity contribution is -0.131. The Morgan fingerprint density at radius 2 is 1.84 bits per heavy atom. The quantitative estimate of drug-likeness (QED) is 0.187. The first-order chi connectivity index (χ1) is 18.2. The number of carbonyl (C=O) groups is 2. The number of nitriles is 1. The molecule has 1 unspecified atom stereocenters. The summed E-state index contributed by atoms with van der Waals surface area (Å²) in [7, 11) is -4.03. The Kier molecular flexibility index (Phi) is 10.4. The number of ether oxygens (including phenoxy) is 1. The molecular formula is C25H32N6O6S. The van der Waals surface area contributed by atoms with E-state index in [1.165, 1.54) is 9.79 Å². The highest BCUT2D eigenvalue weighted by molar-refractivity contribution is 7.87. The Morgan fingerprint density at radius 3 is 2.47 bits per heavy atom. The summed E-state index contributed by atoms with van der Waals surface area (Å²) in [5, 5.41) is 20.7. The van der Waals surface area contributed by atoms with Crippen LogP contribution in [0.1, 0.15) is 29.5 Å². The van der Waals surface area contributed by atoms with E-state index in [0.717, 1.165) is 16.8 Å². The average molecular weight is 545 g/mol. The molecule has 0 spiro atoms. The largest absolute Gasteiger partial charge is 0.445 e. The van der Waals surface area contributed by atoms with E-state index in [9.17, 15) is 18.0 Å². The predicted octanol–water partition coefficient (Wildman–Crippen LogP) is 1.40. The number of piperazine rings is 1. The minimum absolute atomic E-state index is 0.0367. The number of alkyl carbamates (subject to hydrolysis) is 1. The molecule has 12 nitrogen and oxygen atoms in total. The monoisotopic (exact) mass is 544 g/mol. The van der Waals surface area contributed by atoms with Gasteiger partial charge in [0.25, 0.3) is 16.1 Å². The number of aryl methyl sites for hydroxylation is 1. The van der Waals surface area contributed by atoms with Crippen LogP contribution < -0.4 is 20.4 Å². The van der Waals surface area contributed by atoms with Gasteiger partial charge in [0.2, 0.25) is 0 Å². The van der Waals surface area contributed by atoms with Crippen molar-refractivity contribution in [1.29, 1.82) is 5.26 Å². The standard InChI is InChI=1S/C25H32N6O6S/c1-19-16-21(17-26)9-10-23(19)30-12-14-31(15-13-30)38(35,36)29-22(24(32)28-34)8-5-11-27-25(33)37-18-20-6-3-2-4-7-20/h2-4,6-7,9-10,16,22,29,34H,5,8,11-15,18H2,1H3,(H,27,33)(H,28,32). The Morgan fingerprint density at radius 1 is 1.13 bits per heavy atom. The van der Waals surface area contributed by atoms with Gasteiger partial charge in [-0.2, -0.15) is 22.7 Å². The zero-order valence-electron chi connectivity index (χ0n) is 21.1. The molecule has 3 rings (SSSR count). The van der Waals surface area contributed by atoms with Crippen LogP contribution in [0.4, 0.5) is 10.5 Å². The number of benzene rings is 2. The first kappa shape index (κ1) is 28.9. The van der Waals surface area contributed by atoms with Crippen molar-refractivity contribution in [3.63, 3.8) is 0 Å². The zero-order valence-corrected chi connectivity index (χ0v) is 21.9. The first-order valence-electron chi connectivity index (χ1n) is 12.1. The molecule has 1 fully saturated rings. The predicted molar refractivity (Wildman–Crippen MR) is 139 cm³/mol. The topological polar surface area (TPSA) is 164 Å². The molecular weight excluding hydrogens is 512 g/mol. The fourth-order valence-electron chi connectivity index (χ4n) is 4.10. The summed E-state index contributed by atoms with van der Waals surface area (Å²) in [5.74, 6) is -0.896. The third-order valence-electron chi connectivity index (χ3n) is 6.11. The van der Waals surface area contributed by atoms with Crippen LogP contribution in [0.25, 0.3) is 0 Å². The number of amides is 2. The van der Waals surface area contributed by atoms with Crippen molar-refractivity contribution in [2.45, 2.75) is 32.4 Å². The van der Waals surface area contributed by atoms with Crippen molar-refractivity contribution >= 4 is 27.9 Å². The first-order valence-corrected chi connectivity index (χ1v) is 13.6. The molecule has 0 radical (unpaired) electrons. The van der Waals surface area contributed by atoms with Gasteiger partial charge < -0.3 is 15.0 Å². The lowest BCUT2D eigenvalue weighted by Gasteiger charge is -2.36. The Bertz CT molecular complexity index is 1240. The maximum absolute atomic E-state index is 13.0. The lowest BCUT2D eigenvalue weighted by atomic mass is 10.1. The van der Waals surface area contributed by atoms with E-state index in [-0.39, 0.29) is 39.1 Å². The molecule has 1 heterocycles. The lowest BCUT2D eigenvalue weighted by Crippen LogP contribution is -2.56. The Labute approximate surface area is 222 Å². The van der Waals surface area contributed by atoms with Gasteiger partial charge in [0.1, 0.15) is 12.6 Å². The number of carbonyl (C=O) groups excluding carboxylic acids is 2. The number of hydrogen-bond acceptors (Lipinski definition) is 8. The van der Waals surface area contributed by atoms with Crippen LogP contribution in [-0.2, 0) is 26.3 Å². The molecule has 204 valence electrons. The fraction of sp³-hybridized carbons (Fsp3) is 0.400. The van der Waals surface area contributed by atoms with E-state index in [4.69, 9.17) is 15.2 Å². The van der Waals surface area contributed by atoms with E-state index < -0.39 is 28.3 Å². The SMILES string of the molecule is Cc1cc(C#N)ccc1N1CCN(S(=O)(=O)NC(CCCNC(=O)OCc2ccccc2)C(=O)NO)CC1. The summed E-state index contributed by atoms with van der Waals surface area (Å²) in [5.41, 5.74) is 4.75. The molecule has 1 atom stereocenters. The van der Waals surface area contributed by atoms with E-state index in [0.29, 0.717) is 18.7 Å². The maximum atomic E-state index is 13.0. The summed E-state index contributed by atoms with van der Waals surface area (Å²) in [6.07, 6.45) is -0.338. The Hall–Kier alpha value is -3.70. The molecule has 0 aliphatic carbocycles. The van der Waals surface area contributed by atoms with Gasteiger partial charge in [-0.25, -0.2) is 10.3 Å². The average Bonchev–Trinajstić information content (AvgIpc) is 2.93. The number of hydrogen-bond donors (Lipinski definition) is 4. The summed E-state index contributed by atoms with van der Waals surface area (Å²) in [6.45, 7) is 3.40. The smallest absolute Gasteiger partial charge is 0.407 e. The third kappa shape index (κ3) is 8.15. The molecule has 2 aromatic carbocycles. The number of rotatable bonds is 11. The van der Waals surface area contributed by atoms with E-state index in [1.54, 1.807) is 12.1 Å². The molecule has 1 aliphatic heterocycles. The second-order valence-electron chi connectivity index (χ2n) is 8.78. The van der Waals surface area contributed by atoms with Gasteiger partial charge in [0.15, 0.2) is 0 Å². The summed E-state index contributed by atoms with van der Waals surface area (Å²) in [4.78, 5) is 26.1. The minimum Gasteiger partial charge on any atom is -0.445 e. The van der Waals surface area contributed by atoms with E-state index in [1.807, 2.05) is 48.2 Å². The molecule has 0 bridgehead atoms. The molecule has 2 aromatic rings. The third-order valence-corrected chi connectivity index (χ3v) is 7.74. The van der Waals surface area contributed by atoms with Gasteiger partial charge in [0.05, 0.1) is 11.6 Å². The summed E-state index contributed by atoms with van der Waals surface area (Å²) < 4.78 is 34.7. The van der Waals surface area contributed by atoms with Gasteiger partial charge in [-0.15, -0.1) is 0 Å². The van der Waals surface area contributed by atoms with Crippen LogP contribution in [0.3, 0.4) is 0 Å². The van der Waals surface area contributed by atoms with Gasteiger partial charge in [-0.3, -0.25) is 10.0 Å². The minimum atomic E-state index is -4.03. The maximum Gasteiger partial charge on any atom is 0.407 e. The van der Waals surface area contributed by atoms with Gasteiger partial charge in [0, 0.05) is 38.4 Å². The summed E-state index contributed by atoms with van der Waals surface area (Å²) >= 11 is 0. The molecule has 1 saturated heterocycles. The Balaban J connectivity index is 1.47. The van der Waals surface area contributed by atoms with Crippen LogP contribution >= 0.6 is 0 Å². The molecule has 4 N–H and O–H groups in total.